The molecule has 3 aromatic rings. The summed E-state index contributed by atoms with van der Waals surface area (Å²) in [5, 5.41) is 3.67. The molecule has 0 spiro atoms. The number of hydrogen-bond donors (Lipinski definition) is 1. The summed E-state index contributed by atoms with van der Waals surface area (Å²) in [7, 11) is 0. The molecule has 1 atom stereocenters. The third-order valence-electron chi connectivity index (χ3n) is 7.12. The first kappa shape index (κ1) is 28.0. The summed E-state index contributed by atoms with van der Waals surface area (Å²) < 4.78 is 46.0. The van der Waals surface area contributed by atoms with Gasteiger partial charge in [-0.05, 0) is 67.1 Å². The van der Waals surface area contributed by atoms with E-state index < -0.39 is 29.2 Å². The number of piperazine rings is 1. The summed E-state index contributed by atoms with van der Waals surface area (Å²) in [5.74, 6) is -4.52. The number of ether oxygens (including phenoxy) is 1. The quantitative estimate of drug-likeness (QED) is 0.266. The van der Waals surface area contributed by atoms with Crippen LogP contribution in [-0.4, -0.2) is 48.5 Å². The summed E-state index contributed by atoms with van der Waals surface area (Å²) in [6.45, 7) is 0.840. The zero-order chi connectivity index (χ0) is 28.2. The normalized spacial score (nSPS) is 17.1. The summed E-state index contributed by atoms with van der Waals surface area (Å²) in [4.78, 5) is 30.2. The molecule has 0 radical (unpaired) electrons. The first-order valence-corrected chi connectivity index (χ1v) is 13.6. The summed E-state index contributed by atoms with van der Waals surface area (Å²) >= 11 is 6.37. The Labute approximate surface area is 235 Å². The Bertz CT molecular complexity index is 1380. The predicted octanol–water partition coefficient (Wildman–Crippen LogP) is 5.26. The van der Waals surface area contributed by atoms with Gasteiger partial charge in [-0.25, -0.2) is 8.78 Å². The highest BCUT2D eigenvalue weighted by atomic mass is 35.5. The van der Waals surface area contributed by atoms with Gasteiger partial charge in [0.2, 0.25) is 17.6 Å². The number of amides is 2. The largest absolute Gasteiger partial charge is 0.488 e. The zero-order valence-electron chi connectivity index (χ0n) is 21.7. The Kier molecular flexibility index (Phi) is 8.61. The number of nitrogens with zero attached hydrogens (tertiary/aromatic N) is 2. The van der Waals surface area contributed by atoms with Gasteiger partial charge in [-0.1, -0.05) is 41.9 Å². The van der Waals surface area contributed by atoms with Crippen LogP contribution in [0.4, 0.5) is 18.9 Å². The second-order valence-corrected chi connectivity index (χ2v) is 10.4. The van der Waals surface area contributed by atoms with Gasteiger partial charge in [-0.3, -0.25) is 14.5 Å². The van der Waals surface area contributed by atoms with E-state index in [1.54, 1.807) is 23.1 Å². The molecule has 40 heavy (non-hydrogen) atoms. The molecule has 3 aromatic carbocycles. The van der Waals surface area contributed by atoms with Crippen molar-refractivity contribution in [2.24, 2.45) is 0 Å². The Morgan fingerprint density at radius 3 is 2.48 bits per heavy atom. The maximum absolute atomic E-state index is 13.8. The Balaban J connectivity index is 1.24. The van der Waals surface area contributed by atoms with Crippen molar-refractivity contribution in [2.45, 2.75) is 44.3 Å². The lowest BCUT2D eigenvalue weighted by atomic mass is 10.1. The number of aryl methyl sites for hydroxylation is 1. The van der Waals surface area contributed by atoms with E-state index in [0.717, 1.165) is 30.0 Å². The van der Waals surface area contributed by atoms with E-state index in [0.29, 0.717) is 42.7 Å². The minimum atomic E-state index is -1.35. The van der Waals surface area contributed by atoms with Crippen molar-refractivity contribution in [2.75, 3.05) is 24.6 Å². The van der Waals surface area contributed by atoms with Crippen molar-refractivity contribution in [3.05, 3.63) is 94.3 Å². The van der Waals surface area contributed by atoms with Crippen LogP contribution in [0.2, 0.25) is 5.02 Å². The zero-order valence-corrected chi connectivity index (χ0v) is 22.5. The lowest BCUT2D eigenvalue weighted by molar-refractivity contribution is -0.136. The molecule has 1 saturated carbocycles. The molecule has 1 N–H and O–H groups in total. The van der Waals surface area contributed by atoms with E-state index in [1.807, 2.05) is 35.2 Å². The topological polar surface area (TPSA) is 61.9 Å². The van der Waals surface area contributed by atoms with Crippen LogP contribution in [0.25, 0.3) is 0 Å². The van der Waals surface area contributed by atoms with Gasteiger partial charge in [0.05, 0.1) is 13.2 Å². The molecule has 0 unspecified atom stereocenters. The van der Waals surface area contributed by atoms with Crippen LogP contribution in [0.15, 0.2) is 60.7 Å². The number of halogens is 4. The van der Waals surface area contributed by atoms with Crippen molar-refractivity contribution >= 4 is 29.1 Å². The molecule has 1 saturated heterocycles. The fraction of sp³-hybridized carbons (Fsp3) is 0.333. The number of anilines is 1. The van der Waals surface area contributed by atoms with Gasteiger partial charge < -0.3 is 15.0 Å². The van der Waals surface area contributed by atoms with Crippen molar-refractivity contribution in [1.29, 1.82) is 0 Å². The molecule has 2 amide bonds. The number of hydrogen-bond acceptors (Lipinski definition) is 4. The van der Waals surface area contributed by atoms with E-state index in [1.165, 1.54) is 0 Å². The molecule has 2 fully saturated rings. The molecule has 1 heterocycles. The van der Waals surface area contributed by atoms with E-state index in [4.69, 9.17) is 16.3 Å². The van der Waals surface area contributed by atoms with Gasteiger partial charge in [0.25, 0.3) is 0 Å². The lowest BCUT2D eigenvalue weighted by Crippen LogP contribution is -2.61. The van der Waals surface area contributed by atoms with Gasteiger partial charge in [0.1, 0.15) is 6.04 Å². The Hall–Kier alpha value is -3.56. The average Bonchev–Trinajstić information content (AvgIpc) is 3.80. The molecule has 1 aliphatic heterocycles. The summed E-state index contributed by atoms with van der Waals surface area (Å²) in [5.41, 5.74) is 2.39. The third kappa shape index (κ3) is 6.26. The third-order valence-corrected chi connectivity index (χ3v) is 7.49. The smallest absolute Gasteiger partial charge is 0.247 e. The maximum atomic E-state index is 13.8. The van der Waals surface area contributed by atoms with Crippen LogP contribution in [0, 0.1) is 17.5 Å². The minimum Gasteiger partial charge on any atom is -0.488 e. The molecule has 2 aliphatic rings. The minimum absolute atomic E-state index is 0.00562. The number of nitrogens with one attached hydrogen (secondary N) is 1. The predicted molar refractivity (Wildman–Crippen MR) is 146 cm³/mol. The second-order valence-electron chi connectivity index (χ2n) is 9.99. The van der Waals surface area contributed by atoms with E-state index in [-0.39, 0.29) is 31.0 Å². The van der Waals surface area contributed by atoms with Gasteiger partial charge in [0, 0.05) is 29.8 Å². The molecular formula is C30H29ClF3N3O3. The standard InChI is InChI=1S/C30H29ClF3N3O3/c31-23-6-2-1-5-20(23)18-36(21-11-12-21)30(39)26-16-35-17-27(38)37(26)22-9-7-19(8-10-22)4-3-15-40-29-25(33)14-13-24(32)28(29)34/h1-2,5-10,13-14,21,26,35H,3-4,11-12,15-18H2/t26-/m1/s1. The number of rotatable bonds is 10. The van der Waals surface area contributed by atoms with Crippen LogP contribution in [-0.2, 0) is 22.6 Å². The van der Waals surface area contributed by atoms with Gasteiger partial charge >= 0.3 is 0 Å². The van der Waals surface area contributed by atoms with Crippen LogP contribution in [0.5, 0.6) is 5.75 Å². The van der Waals surface area contributed by atoms with Crippen LogP contribution in [0.3, 0.4) is 0 Å². The fourth-order valence-electron chi connectivity index (χ4n) is 4.88. The fourth-order valence-corrected chi connectivity index (χ4v) is 5.07. The highest BCUT2D eigenvalue weighted by molar-refractivity contribution is 6.31. The maximum Gasteiger partial charge on any atom is 0.247 e. The highest BCUT2D eigenvalue weighted by Crippen LogP contribution is 2.32. The number of carbonyl (C=O) groups is 2. The number of benzene rings is 3. The van der Waals surface area contributed by atoms with Crippen LogP contribution >= 0.6 is 11.6 Å². The molecule has 0 bridgehead atoms. The first-order valence-electron chi connectivity index (χ1n) is 13.3. The molecule has 210 valence electrons. The van der Waals surface area contributed by atoms with Crippen molar-refractivity contribution < 1.29 is 27.5 Å². The van der Waals surface area contributed by atoms with E-state index >= 15 is 0 Å². The van der Waals surface area contributed by atoms with Crippen LogP contribution in [0.1, 0.15) is 30.4 Å². The van der Waals surface area contributed by atoms with E-state index in [2.05, 4.69) is 5.32 Å². The van der Waals surface area contributed by atoms with Crippen LogP contribution < -0.4 is 15.0 Å². The summed E-state index contributed by atoms with van der Waals surface area (Å²) in [6.07, 6.45) is 2.80. The Morgan fingerprint density at radius 2 is 1.75 bits per heavy atom. The highest BCUT2D eigenvalue weighted by Gasteiger charge is 2.41. The van der Waals surface area contributed by atoms with Gasteiger partial charge in [-0.2, -0.15) is 4.39 Å². The molecular weight excluding hydrogens is 543 g/mol. The van der Waals surface area contributed by atoms with Crippen molar-refractivity contribution in [1.82, 2.24) is 10.2 Å². The molecule has 10 heteroatoms. The van der Waals surface area contributed by atoms with Crippen molar-refractivity contribution in [3.63, 3.8) is 0 Å². The SMILES string of the molecule is O=C([C@H]1CNCC(=O)N1c1ccc(CCCOc2c(F)ccc(F)c2F)cc1)N(Cc1ccccc1Cl)C1CC1. The molecule has 6 nitrogen and oxygen atoms in total. The lowest BCUT2D eigenvalue weighted by Gasteiger charge is -2.38. The van der Waals surface area contributed by atoms with Gasteiger partial charge in [-0.15, -0.1) is 0 Å². The summed E-state index contributed by atoms with van der Waals surface area (Å²) in [6, 6.07) is 15.7. The Morgan fingerprint density at radius 1 is 1.02 bits per heavy atom. The molecule has 5 rings (SSSR count). The average molecular weight is 572 g/mol. The molecule has 0 aromatic heterocycles. The monoisotopic (exact) mass is 571 g/mol. The molecule has 1 aliphatic carbocycles. The second kappa shape index (κ2) is 12.3. The van der Waals surface area contributed by atoms with Gasteiger partial charge in [0.15, 0.2) is 17.4 Å². The number of carbonyl (C=O) groups excluding carboxylic acids is 2. The van der Waals surface area contributed by atoms with E-state index in [9.17, 15) is 22.8 Å². The first-order chi connectivity index (χ1) is 19.3. The van der Waals surface area contributed by atoms with Crippen molar-refractivity contribution in [3.8, 4) is 5.75 Å².